The number of methoxy groups -OCH3 is 1. The summed E-state index contributed by atoms with van der Waals surface area (Å²) in [5.41, 5.74) is 5.08. The largest absolute Gasteiger partial charge is 0.493 e. The van der Waals surface area contributed by atoms with Crippen LogP contribution in [0.1, 0.15) is 37.0 Å². The summed E-state index contributed by atoms with van der Waals surface area (Å²) >= 11 is 0. The molecule has 37 heavy (non-hydrogen) atoms. The van der Waals surface area contributed by atoms with Gasteiger partial charge in [0, 0.05) is 0 Å². The van der Waals surface area contributed by atoms with Crippen LogP contribution < -0.4 is 19.6 Å². The van der Waals surface area contributed by atoms with E-state index in [4.69, 9.17) is 9.47 Å². The van der Waals surface area contributed by atoms with E-state index in [1.807, 2.05) is 51.1 Å². The number of nitrogens with zero attached hydrogens (tertiary/aromatic N) is 1. The lowest BCUT2D eigenvalue weighted by Gasteiger charge is -2.19. The fourth-order valence-electron chi connectivity index (χ4n) is 3.52. The first-order valence-electron chi connectivity index (χ1n) is 11.9. The van der Waals surface area contributed by atoms with Gasteiger partial charge < -0.3 is 9.47 Å². The number of amides is 1. The van der Waals surface area contributed by atoms with E-state index in [0.29, 0.717) is 30.1 Å². The molecule has 0 unspecified atom stereocenters. The van der Waals surface area contributed by atoms with Crippen molar-refractivity contribution < 1.29 is 22.7 Å². The molecule has 0 spiro atoms. The van der Waals surface area contributed by atoms with Crippen molar-refractivity contribution in [3.63, 3.8) is 0 Å². The van der Waals surface area contributed by atoms with E-state index in [-0.39, 0.29) is 10.8 Å². The highest BCUT2D eigenvalue weighted by Gasteiger charge is 2.26. The van der Waals surface area contributed by atoms with E-state index in [2.05, 4.69) is 15.2 Å². The van der Waals surface area contributed by atoms with Crippen LogP contribution in [-0.2, 0) is 21.4 Å². The Morgan fingerprint density at radius 3 is 2.35 bits per heavy atom. The molecule has 0 aliphatic heterocycles. The van der Waals surface area contributed by atoms with Gasteiger partial charge in [-0.15, -0.1) is 0 Å². The second kappa shape index (κ2) is 13.0. The average molecular weight is 524 g/mol. The summed E-state index contributed by atoms with van der Waals surface area (Å²) in [6, 6.07) is 20.5. The number of carbonyl (C=O) groups is 1. The predicted octanol–water partition coefficient (Wildman–Crippen LogP) is 4.43. The topological polar surface area (TPSA) is 106 Å². The number of ether oxygens (including phenoxy) is 2. The van der Waals surface area contributed by atoms with Crippen molar-refractivity contribution in [2.24, 2.45) is 11.0 Å². The first-order chi connectivity index (χ1) is 17.7. The van der Waals surface area contributed by atoms with Crippen LogP contribution in [0.25, 0.3) is 0 Å². The molecule has 9 heteroatoms. The molecule has 1 amide bonds. The maximum Gasteiger partial charge on any atom is 0.258 e. The zero-order valence-electron chi connectivity index (χ0n) is 21.5. The van der Waals surface area contributed by atoms with Crippen molar-refractivity contribution in [1.82, 2.24) is 10.1 Å². The maximum atomic E-state index is 12.9. The number of hydrazone groups is 1. The first kappa shape index (κ1) is 27.9. The number of hydrogen-bond acceptors (Lipinski definition) is 6. The lowest BCUT2D eigenvalue weighted by atomic mass is 10.0. The molecule has 0 aliphatic rings. The van der Waals surface area contributed by atoms with Crippen molar-refractivity contribution in [3.8, 4) is 11.5 Å². The van der Waals surface area contributed by atoms with Crippen molar-refractivity contribution in [1.29, 1.82) is 0 Å². The molecular weight excluding hydrogens is 490 g/mol. The molecule has 0 radical (unpaired) electrons. The lowest BCUT2D eigenvalue weighted by molar-refractivity contribution is -0.123. The molecule has 0 bridgehead atoms. The molecule has 2 N–H and O–H groups in total. The summed E-state index contributed by atoms with van der Waals surface area (Å²) in [6.45, 7) is 6.07. The Balaban J connectivity index is 1.68. The number of sulfonamides is 1. The van der Waals surface area contributed by atoms with Gasteiger partial charge in [-0.05, 0) is 60.7 Å². The van der Waals surface area contributed by atoms with Crippen molar-refractivity contribution in [2.75, 3.05) is 7.11 Å². The third-order valence-electron chi connectivity index (χ3n) is 5.47. The molecule has 0 saturated heterocycles. The Bertz CT molecular complexity index is 1310. The third-order valence-corrected chi connectivity index (χ3v) is 6.95. The highest BCUT2D eigenvalue weighted by atomic mass is 32.2. The van der Waals surface area contributed by atoms with Crippen LogP contribution in [0, 0.1) is 12.8 Å². The molecule has 196 valence electrons. The van der Waals surface area contributed by atoms with Crippen molar-refractivity contribution in [3.05, 3.63) is 89.5 Å². The lowest BCUT2D eigenvalue weighted by Crippen LogP contribution is -2.46. The number of nitrogens with one attached hydrogen (secondary N) is 2. The number of carbonyl (C=O) groups excluding carboxylic acids is 1. The van der Waals surface area contributed by atoms with Gasteiger partial charge in [0.15, 0.2) is 11.5 Å². The number of rotatable bonds is 12. The molecule has 0 fully saturated rings. The van der Waals surface area contributed by atoms with Gasteiger partial charge in [0.25, 0.3) is 5.91 Å². The van der Waals surface area contributed by atoms with Crippen LogP contribution in [0.5, 0.6) is 11.5 Å². The summed E-state index contributed by atoms with van der Waals surface area (Å²) in [5.74, 6) is 0.630. The number of aryl methyl sites for hydroxylation is 1. The van der Waals surface area contributed by atoms with E-state index < -0.39 is 22.0 Å². The average Bonchev–Trinajstić information content (AvgIpc) is 2.87. The monoisotopic (exact) mass is 523 g/mol. The molecule has 0 aromatic heterocycles. The SMILES string of the molecule is COc1ccc(/C=N\NC(=O)[C@H](CC(C)C)NS(=O)(=O)c2ccc(C)cc2)cc1OCc1ccccc1. The Labute approximate surface area is 218 Å². The summed E-state index contributed by atoms with van der Waals surface area (Å²) in [4.78, 5) is 13.0. The Hall–Kier alpha value is -3.69. The van der Waals surface area contributed by atoms with Crippen LogP contribution in [0.4, 0.5) is 0 Å². The molecule has 0 heterocycles. The number of benzene rings is 3. The molecule has 8 nitrogen and oxygen atoms in total. The summed E-state index contributed by atoms with van der Waals surface area (Å²) in [7, 11) is -2.32. The Morgan fingerprint density at radius 1 is 1.00 bits per heavy atom. The minimum absolute atomic E-state index is 0.0753. The molecular formula is C28H33N3O5S. The van der Waals surface area contributed by atoms with Crippen molar-refractivity contribution in [2.45, 2.75) is 44.7 Å². The Kier molecular flexibility index (Phi) is 9.82. The molecule has 0 aliphatic carbocycles. The highest BCUT2D eigenvalue weighted by Crippen LogP contribution is 2.28. The van der Waals surface area contributed by atoms with E-state index >= 15 is 0 Å². The van der Waals surface area contributed by atoms with Gasteiger partial charge in [0.1, 0.15) is 12.6 Å². The van der Waals surface area contributed by atoms with E-state index in [1.165, 1.54) is 18.3 Å². The highest BCUT2D eigenvalue weighted by molar-refractivity contribution is 7.89. The van der Waals surface area contributed by atoms with Crippen LogP contribution in [0.15, 0.2) is 82.8 Å². The van der Waals surface area contributed by atoms with Gasteiger partial charge in [-0.3, -0.25) is 4.79 Å². The normalized spacial score (nSPS) is 12.5. The van der Waals surface area contributed by atoms with Crippen molar-refractivity contribution >= 4 is 22.1 Å². The van der Waals surface area contributed by atoms with Gasteiger partial charge in [-0.2, -0.15) is 9.82 Å². The minimum Gasteiger partial charge on any atom is -0.493 e. The van der Waals surface area contributed by atoms with Crippen LogP contribution >= 0.6 is 0 Å². The van der Waals surface area contributed by atoms with Crippen LogP contribution in [0.3, 0.4) is 0 Å². The first-order valence-corrected chi connectivity index (χ1v) is 13.4. The van der Waals surface area contributed by atoms with E-state index in [1.54, 1.807) is 37.4 Å². The fraction of sp³-hybridized carbons (Fsp3) is 0.286. The van der Waals surface area contributed by atoms with Gasteiger partial charge in [0.2, 0.25) is 10.0 Å². The van der Waals surface area contributed by atoms with Gasteiger partial charge in [0.05, 0.1) is 18.2 Å². The summed E-state index contributed by atoms with van der Waals surface area (Å²) in [6.07, 6.45) is 1.78. The maximum absolute atomic E-state index is 12.9. The predicted molar refractivity (Wildman–Crippen MR) is 144 cm³/mol. The second-order valence-electron chi connectivity index (χ2n) is 9.04. The van der Waals surface area contributed by atoms with Crippen LogP contribution in [0.2, 0.25) is 0 Å². The summed E-state index contributed by atoms with van der Waals surface area (Å²) < 4.78 is 39.5. The molecule has 1 atom stereocenters. The van der Waals surface area contributed by atoms with Crippen LogP contribution in [-0.4, -0.2) is 33.7 Å². The van der Waals surface area contributed by atoms with Gasteiger partial charge in [-0.25, -0.2) is 13.8 Å². The molecule has 3 aromatic rings. The van der Waals surface area contributed by atoms with Gasteiger partial charge >= 0.3 is 0 Å². The molecule has 3 rings (SSSR count). The zero-order valence-corrected chi connectivity index (χ0v) is 22.3. The summed E-state index contributed by atoms with van der Waals surface area (Å²) in [5, 5.41) is 4.04. The Morgan fingerprint density at radius 2 is 1.70 bits per heavy atom. The van der Waals surface area contributed by atoms with E-state index in [0.717, 1.165) is 11.1 Å². The zero-order chi connectivity index (χ0) is 26.8. The van der Waals surface area contributed by atoms with Gasteiger partial charge in [-0.1, -0.05) is 61.9 Å². The quantitative estimate of drug-likeness (QED) is 0.270. The second-order valence-corrected chi connectivity index (χ2v) is 10.7. The molecule has 3 aromatic carbocycles. The third kappa shape index (κ3) is 8.44. The van der Waals surface area contributed by atoms with E-state index in [9.17, 15) is 13.2 Å². The fourth-order valence-corrected chi connectivity index (χ4v) is 4.73. The minimum atomic E-state index is -3.88. The number of hydrogen-bond donors (Lipinski definition) is 2. The smallest absolute Gasteiger partial charge is 0.258 e. The molecule has 0 saturated carbocycles. The standard InChI is InChI=1S/C28H33N3O5S/c1-20(2)16-25(31-37(33,34)24-13-10-21(3)11-14-24)28(32)30-29-18-23-12-15-26(35-4)27(17-23)36-19-22-8-6-5-7-9-22/h5-15,17-18,20,25,31H,16,19H2,1-4H3,(H,30,32)/b29-18-/t25-/m0/s1.